The van der Waals surface area contributed by atoms with Crippen molar-refractivity contribution in [2.75, 3.05) is 44.3 Å². The second-order valence-corrected chi connectivity index (χ2v) is 7.55. The largest absolute Gasteiger partial charge is 0.378 e. The minimum atomic E-state index is 0.141. The zero-order valence-corrected chi connectivity index (χ0v) is 16.3. The molecule has 28 heavy (non-hydrogen) atoms. The normalized spacial score (nSPS) is 18.5. The molecular weight excluding hydrogens is 350 g/mol. The molecule has 2 heterocycles. The average Bonchev–Trinajstić information content (AvgIpc) is 3.17. The van der Waals surface area contributed by atoms with E-state index in [2.05, 4.69) is 58.7 Å². The molecule has 0 bridgehead atoms. The van der Waals surface area contributed by atoms with Gasteiger partial charge in [0.25, 0.3) is 0 Å². The molecule has 0 aliphatic carbocycles. The van der Waals surface area contributed by atoms with E-state index < -0.39 is 0 Å². The minimum absolute atomic E-state index is 0.141. The van der Waals surface area contributed by atoms with Crippen LogP contribution in [0.15, 0.2) is 54.6 Å². The molecule has 1 atom stereocenters. The van der Waals surface area contributed by atoms with Crippen molar-refractivity contribution < 1.29 is 9.53 Å². The fourth-order valence-electron chi connectivity index (χ4n) is 3.98. The molecule has 2 aliphatic heterocycles. The molecule has 0 saturated carbocycles. The molecule has 0 radical (unpaired) electrons. The summed E-state index contributed by atoms with van der Waals surface area (Å²) in [6, 6.07) is 19.4. The number of carbonyl (C=O) groups is 1. The minimum Gasteiger partial charge on any atom is -0.378 e. The van der Waals surface area contributed by atoms with E-state index in [1.807, 2.05) is 11.0 Å². The first kappa shape index (κ1) is 19.0. The summed E-state index contributed by atoms with van der Waals surface area (Å²) >= 11 is 0. The lowest BCUT2D eigenvalue weighted by Gasteiger charge is -2.29. The van der Waals surface area contributed by atoms with Gasteiger partial charge in [-0.3, -0.25) is 4.79 Å². The molecule has 5 heteroatoms. The number of morpholine rings is 1. The third kappa shape index (κ3) is 4.72. The van der Waals surface area contributed by atoms with Crippen molar-refractivity contribution in [2.45, 2.75) is 25.4 Å². The Morgan fingerprint density at radius 2 is 1.71 bits per heavy atom. The molecule has 0 spiro atoms. The van der Waals surface area contributed by atoms with Gasteiger partial charge in [0.15, 0.2) is 0 Å². The van der Waals surface area contributed by atoms with Crippen molar-refractivity contribution in [1.82, 2.24) is 10.2 Å². The Morgan fingerprint density at radius 1 is 0.964 bits per heavy atom. The van der Waals surface area contributed by atoms with Crippen LogP contribution in [0.25, 0.3) is 0 Å². The van der Waals surface area contributed by atoms with Gasteiger partial charge in [-0.05, 0) is 29.7 Å². The SMILES string of the molecule is O=C1CCCN1C[C@H](NCc1ccc(N2CCOCC2)cc1)c1ccccc1. The fraction of sp³-hybridized carbons (Fsp3) is 0.435. The summed E-state index contributed by atoms with van der Waals surface area (Å²) in [6.45, 7) is 5.90. The van der Waals surface area contributed by atoms with E-state index >= 15 is 0 Å². The van der Waals surface area contributed by atoms with Crippen LogP contribution in [0.2, 0.25) is 0 Å². The Morgan fingerprint density at radius 3 is 2.39 bits per heavy atom. The van der Waals surface area contributed by atoms with Crippen LogP contribution in [0.4, 0.5) is 5.69 Å². The molecule has 2 saturated heterocycles. The lowest BCUT2D eigenvalue weighted by molar-refractivity contribution is -0.128. The van der Waals surface area contributed by atoms with Crippen molar-refractivity contribution in [2.24, 2.45) is 0 Å². The first-order valence-electron chi connectivity index (χ1n) is 10.3. The van der Waals surface area contributed by atoms with E-state index in [1.165, 1.54) is 16.8 Å². The van der Waals surface area contributed by atoms with Gasteiger partial charge in [0.1, 0.15) is 0 Å². The molecule has 5 nitrogen and oxygen atoms in total. The molecule has 148 valence electrons. The number of likely N-dealkylation sites (tertiary alicyclic amines) is 1. The molecule has 0 unspecified atom stereocenters. The number of amides is 1. The standard InChI is InChI=1S/C23H29N3O2/c27-23-7-4-12-26(23)18-22(20-5-2-1-3-6-20)24-17-19-8-10-21(11-9-19)25-13-15-28-16-14-25/h1-3,5-6,8-11,22,24H,4,7,12-18H2/t22-/m0/s1. The number of hydrogen-bond donors (Lipinski definition) is 1. The number of nitrogens with one attached hydrogen (secondary N) is 1. The monoisotopic (exact) mass is 379 g/mol. The van der Waals surface area contributed by atoms with Crippen LogP contribution in [-0.2, 0) is 16.1 Å². The Kier molecular flexibility index (Phi) is 6.24. The summed E-state index contributed by atoms with van der Waals surface area (Å²) in [5, 5.41) is 3.67. The van der Waals surface area contributed by atoms with Crippen molar-refractivity contribution in [1.29, 1.82) is 0 Å². The smallest absolute Gasteiger partial charge is 0.222 e. The molecule has 2 aliphatic rings. The van der Waals surface area contributed by atoms with E-state index in [1.54, 1.807) is 0 Å². The third-order valence-corrected chi connectivity index (χ3v) is 5.64. The first-order valence-corrected chi connectivity index (χ1v) is 10.3. The Balaban J connectivity index is 1.40. The maximum atomic E-state index is 12.1. The maximum Gasteiger partial charge on any atom is 0.222 e. The molecule has 1 N–H and O–H groups in total. The van der Waals surface area contributed by atoms with Crippen molar-refractivity contribution in [3.63, 3.8) is 0 Å². The highest BCUT2D eigenvalue weighted by Crippen LogP contribution is 2.20. The maximum absolute atomic E-state index is 12.1. The number of benzene rings is 2. The number of hydrogen-bond acceptors (Lipinski definition) is 4. The van der Waals surface area contributed by atoms with Crippen LogP contribution in [-0.4, -0.2) is 50.2 Å². The molecule has 0 aromatic heterocycles. The molecular formula is C23H29N3O2. The van der Waals surface area contributed by atoms with E-state index in [0.29, 0.717) is 6.42 Å². The summed E-state index contributed by atoms with van der Waals surface area (Å²) in [5.41, 5.74) is 3.74. The zero-order valence-electron chi connectivity index (χ0n) is 16.3. The molecule has 2 aromatic rings. The highest BCUT2D eigenvalue weighted by Gasteiger charge is 2.24. The number of nitrogens with zero attached hydrogens (tertiary/aromatic N) is 2. The van der Waals surface area contributed by atoms with Gasteiger partial charge in [-0.25, -0.2) is 0 Å². The predicted molar refractivity (Wildman–Crippen MR) is 111 cm³/mol. The molecule has 2 aromatic carbocycles. The second kappa shape index (κ2) is 9.22. The highest BCUT2D eigenvalue weighted by molar-refractivity contribution is 5.78. The Bertz CT molecular complexity index is 757. The number of rotatable bonds is 7. The van der Waals surface area contributed by atoms with Crippen LogP contribution in [0.3, 0.4) is 0 Å². The predicted octanol–water partition coefficient (Wildman–Crippen LogP) is 2.98. The average molecular weight is 380 g/mol. The van der Waals surface area contributed by atoms with Gasteiger partial charge in [-0.1, -0.05) is 42.5 Å². The van der Waals surface area contributed by atoms with Gasteiger partial charge in [-0.15, -0.1) is 0 Å². The summed E-state index contributed by atoms with van der Waals surface area (Å²) in [6.07, 6.45) is 1.66. The molecule has 4 rings (SSSR count). The molecule has 1 amide bonds. The van der Waals surface area contributed by atoms with Crippen molar-refractivity contribution in [3.05, 3.63) is 65.7 Å². The number of ether oxygens (including phenoxy) is 1. The van der Waals surface area contributed by atoms with Gasteiger partial charge in [0.2, 0.25) is 5.91 Å². The topological polar surface area (TPSA) is 44.8 Å². The second-order valence-electron chi connectivity index (χ2n) is 7.55. The quantitative estimate of drug-likeness (QED) is 0.803. The Labute approximate surface area is 167 Å². The number of carbonyl (C=O) groups excluding carboxylic acids is 1. The van der Waals surface area contributed by atoms with E-state index in [9.17, 15) is 4.79 Å². The van der Waals surface area contributed by atoms with Crippen LogP contribution in [0.1, 0.15) is 30.0 Å². The van der Waals surface area contributed by atoms with E-state index in [-0.39, 0.29) is 11.9 Å². The zero-order chi connectivity index (χ0) is 19.2. The van der Waals surface area contributed by atoms with Crippen LogP contribution in [0, 0.1) is 0 Å². The number of anilines is 1. The Hall–Kier alpha value is -2.37. The lowest BCUT2D eigenvalue weighted by Crippen LogP contribution is -2.36. The fourth-order valence-corrected chi connectivity index (χ4v) is 3.98. The summed E-state index contributed by atoms with van der Waals surface area (Å²) in [5.74, 6) is 0.276. The van der Waals surface area contributed by atoms with Crippen molar-refractivity contribution in [3.8, 4) is 0 Å². The van der Waals surface area contributed by atoms with Crippen LogP contribution in [0.5, 0.6) is 0 Å². The van der Waals surface area contributed by atoms with Crippen molar-refractivity contribution >= 4 is 11.6 Å². The van der Waals surface area contributed by atoms with Gasteiger partial charge >= 0.3 is 0 Å². The summed E-state index contributed by atoms with van der Waals surface area (Å²) in [4.78, 5) is 16.4. The summed E-state index contributed by atoms with van der Waals surface area (Å²) in [7, 11) is 0. The van der Waals surface area contributed by atoms with Gasteiger partial charge < -0.3 is 19.9 Å². The van der Waals surface area contributed by atoms with Gasteiger partial charge in [-0.2, -0.15) is 0 Å². The first-order chi connectivity index (χ1) is 13.8. The van der Waals surface area contributed by atoms with Crippen LogP contribution >= 0.6 is 0 Å². The summed E-state index contributed by atoms with van der Waals surface area (Å²) < 4.78 is 5.43. The van der Waals surface area contributed by atoms with Gasteiger partial charge in [0, 0.05) is 44.8 Å². The van der Waals surface area contributed by atoms with E-state index in [0.717, 1.165) is 52.4 Å². The van der Waals surface area contributed by atoms with E-state index in [4.69, 9.17) is 4.74 Å². The molecule has 2 fully saturated rings. The van der Waals surface area contributed by atoms with Crippen LogP contribution < -0.4 is 10.2 Å². The third-order valence-electron chi connectivity index (χ3n) is 5.64. The lowest BCUT2D eigenvalue weighted by atomic mass is 10.1. The highest BCUT2D eigenvalue weighted by atomic mass is 16.5. The van der Waals surface area contributed by atoms with Gasteiger partial charge in [0.05, 0.1) is 19.3 Å².